The van der Waals surface area contributed by atoms with Crippen LogP contribution in [0.4, 0.5) is 14.6 Å². The maximum atomic E-state index is 15.9. The van der Waals surface area contributed by atoms with Crippen molar-refractivity contribution >= 4 is 35.1 Å². The number of hydrogen-bond donors (Lipinski definition) is 1. The smallest absolute Gasteiger partial charge is 0.354 e. The Labute approximate surface area is 241 Å². The molecule has 0 radical (unpaired) electrons. The fourth-order valence-electron chi connectivity index (χ4n) is 5.49. The zero-order chi connectivity index (χ0) is 30.5. The number of rotatable bonds is 5. The van der Waals surface area contributed by atoms with Gasteiger partial charge in [-0.25, -0.2) is 13.6 Å². The molecule has 2 aromatic heterocycles. The van der Waals surface area contributed by atoms with E-state index in [1.54, 1.807) is 31.2 Å². The van der Waals surface area contributed by atoms with Gasteiger partial charge in [0.2, 0.25) is 5.91 Å². The van der Waals surface area contributed by atoms with E-state index in [0.717, 1.165) is 12.1 Å². The van der Waals surface area contributed by atoms with Gasteiger partial charge in [-0.05, 0) is 63.6 Å². The summed E-state index contributed by atoms with van der Waals surface area (Å²) in [5, 5.41) is 11.1. The topological polar surface area (TPSA) is 109 Å². The Hall–Kier alpha value is -4.37. The molecule has 0 unspecified atom stereocenters. The standard InChI is InChI=1S/C30H30F2N5O4P/c1-6-26(39)35-12-13-36(17(2)16-35)29-20-14-22(32)19(27-21(31)8-7-9-24(27)38)15-23(20)37(30(40)34-29)28-18(3)33-11-10-25(28)42(4,5)41/h6-11,14-15,17,38H,1,12-13,16H2,2-5H3/t17-/m0/s1. The number of nitrogens with zero attached hydrogens (tertiary/aromatic N) is 5. The first-order valence-electron chi connectivity index (χ1n) is 13.3. The molecular weight excluding hydrogens is 563 g/mol. The van der Waals surface area contributed by atoms with Crippen LogP contribution in [0.15, 0.2) is 60.0 Å². The highest BCUT2D eigenvalue weighted by Gasteiger charge is 2.31. The summed E-state index contributed by atoms with van der Waals surface area (Å²) < 4.78 is 45.4. The number of aromatic nitrogens is 3. The van der Waals surface area contributed by atoms with Crippen molar-refractivity contribution < 1.29 is 23.2 Å². The van der Waals surface area contributed by atoms with Crippen molar-refractivity contribution in [2.24, 2.45) is 0 Å². The maximum absolute atomic E-state index is 15.9. The van der Waals surface area contributed by atoms with E-state index in [1.807, 2.05) is 11.8 Å². The fourth-order valence-corrected chi connectivity index (χ4v) is 6.69. The van der Waals surface area contributed by atoms with Gasteiger partial charge in [0.05, 0.1) is 22.5 Å². The minimum absolute atomic E-state index is 0.159. The van der Waals surface area contributed by atoms with Gasteiger partial charge >= 0.3 is 5.69 Å². The summed E-state index contributed by atoms with van der Waals surface area (Å²) in [6.07, 6.45) is 2.73. The first kappa shape index (κ1) is 29.1. The molecule has 5 rings (SSSR count). The van der Waals surface area contributed by atoms with Gasteiger partial charge in [0.15, 0.2) is 0 Å². The summed E-state index contributed by atoms with van der Waals surface area (Å²) in [6, 6.07) is 7.37. The van der Waals surface area contributed by atoms with Crippen molar-refractivity contribution in [2.45, 2.75) is 19.9 Å². The molecule has 4 aromatic rings. The van der Waals surface area contributed by atoms with Crippen molar-refractivity contribution in [1.82, 2.24) is 19.4 Å². The van der Waals surface area contributed by atoms with Gasteiger partial charge in [0.25, 0.3) is 0 Å². The van der Waals surface area contributed by atoms with Crippen molar-refractivity contribution in [1.29, 1.82) is 0 Å². The Kier molecular flexibility index (Phi) is 7.49. The first-order valence-corrected chi connectivity index (χ1v) is 15.9. The molecule has 1 fully saturated rings. The van der Waals surface area contributed by atoms with Crippen LogP contribution in [0.1, 0.15) is 12.6 Å². The van der Waals surface area contributed by atoms with Crippen molar-refractivity contribution in [2.75, 3.05) is 37.9 Å². The normalized spacial score (nSPS) is 15.7. The number of hydrogen-bond acceptors (Lipinski definition) is 7. The van der Waals surface area contributed by atoms with Crippen molar-refractivity contribution in [3.63, 3.8) is 0 Å². The van der Waals surface area contributed by atoms with Crippen LogP contribution in [-0.2, 0) is 9.36 Å². The lowest BCUT2D eigenvalue weighted by atomic mass is 10.0. The molecule has 1 N–H and O–H groups in total. The average molecular weight is 594 g/mol. The van der Waals surface area contributed by atoms with E-state index < -0.39 is 30.2 Å². The number of amides is 1. The van der Waals surface area contributed by atoms with E-state index in [4.69, 9.17) is 0 Å². The van der Waals surface area contributed by atoms with Crippen LogP contribution in [0.2, 0.25) is 0 Å². The molecule has 1 saturated heterocycles. The number of phenols is 1. The fraction of sp³-hybridized carbons (Fsp3) is 0.267. The molecule has 1 aliphatic rings. The maximum Gasteiger partial charge on any atom is 0.354 e. The molecule has 42 heavy (non-hydrogen) atoms. The van der Waals surface area contributed by atoms with E-state index in [-0.39, 0.29) is 45.5 Å². The van der Waals surface area contributed by atoms with E-state index in [0.29, 0.717) is 30.6 Å². The van der Waals surface area contributed by atoms with E-state index in [9.17, 15) is 23.7 Å². The third-order valence-corrected chi connectivity index (χ3v) is 9.02. The molecule has 0 bridgehead atoms. The second kappa shape index (κ2) is 10.8. The molecule has 1 atom stereocenters. The highest BCUT2D eigenvalue weighted by molar-refractivity contribution is 7.70. The first-order chi connectivity index (χ1) is 19.8. The predicted molar refractivity (Wildman–Crippen MR) is 160 cm³/mol. The number of aryl methyl sites for hydroxylation is 1. The van der Waals surface area contributed by atoms with Gasteiger partial charge in [-0.3, -0.25) is 14.3 Å². The highest BCUT2D eigenvalue weighted by atomic mass is 31.2. The Morgan fingerprint density at radius 1 is 1.17 bits per heavy atom. The van der Waals surface area contributed by atoms with Crippen LogP contribution in [0, 0.1) is 18.6 Å². The number of piperazine rings is 1. The van der Waals surface area contributed by atoms with Crippen LogP contribution < -0.4 is 15.9 Å². The second-order valence-electron chi connectivity index (χ2n) is 10.7. The third kappa shape index (κ3) is 4.98. The molecular formula is C30H30F2N5O4P. The van der Waals surface area contributed by atoms with Gasteiger partial charge < -0.3 is 19.5 Å². The lowest BCUT2D eigenvalue weighted by Crippen LogP contribution is -2.54. The van der Waals surface area contributed by atoms with E-state index in [1.165, 1.54) is 35.0 Å². The van der Waals surface area contributed by atoms with Gasteiger partial charge in [0, 0.05) is 48.1 Å². The lowest BCUT2D eigenvalue weighted by molar-refractivity contribution is -0.126. The number of fused-ring (bicyclic) bond motifs is 1. The minimum Gasteiger partial charge on any atom is -0.507 e. The number of carbonyl (C=O) groups is 1. The quantitative estimate of drug-likeness (QED) is 0.273. The lowest BCUT2D eigenvalue weighted by Gasteiger charge is -2.40. The zero-order valence-corrected chi connectivity index (χ0v) is 24.5. The number of carbonyl (C=O) groups excluding carboxylic acids is 1. The SMILES string of the molecule is C=CC(=O)N1CCN(c2nc(=O)n(-c3c(P(C)(C)=O)ccnc3C)c3cc(-c4c(O)cccc4F)c(F)cc23)[C@@H](C)C1. The number of phenolic OH excluding ortho intramolecular Hbond substituents is 1. The average Bonchev–Trinajstić information content (AvgIpc) is 2.92. The van der Waals surface area contributed by atoms with E-state index in [2.05, 4.69) is 16.5 Å². The van der Waals surface area contributed by atoms with Crippen LogP contribution in [-0.4, -0.2) is 69.5 Å². The molecule has 9 nitrogen and oxygen atoms in total. The minimum atomic E-state index is -2.97. The molecule has 0 spiro atoms. The largest absolute Gasteiger partial charge is 0.507 e. The van der Waals surface area contributed by atoms with E-state index >= 15 is 4.39 Å². The van der Waals surface area contributed by atoms with Crippen LogP contribution in [0.3, 0.4) is 0 Å². The number of benzene rings is 2. The molecule has 3 heterocycles. The van der Waals surface area contributed by atoms with Crippen molar-refractivity contribution in [3.05, 3.63) is 83.1 Å². The number of anilines is 1. The molecule has 12 heteroatoms. The van der Waals surface area contributed by atoms with Crippen LogP contribution in [0.25, 0.3) is 27.7 Å². The highest BCUT2D eigenvalue weighted by Crippen LogP contribution is 2.40. The van der Waals surface area contributed by atoms with Gasteiger partial charge in [-0.1, -0.05) is 12.6 Å². The zero-order valence-electron chi connectivity index (χ0n) is 23.6. The molecule has 0 saturated carbocycles. The van der Waals surface area contributed by atoms with Crippen molar-refractivity contribution in [3.8, 4) is 22.6 Å². The van der Waals surface area contributed by atoms with Crippen LogP contribution >= 0.6 is 7.14 Å². The van der Waals surface area contributed by atoms with Gasteiger partial charge in [-0.2, -0.15) is 4.98 Å². The predicted octanol–water partition coefficient (Wildman–Crippen LogP) is 4.21. The molecule has 0 aliphatic carbocycles. The summed E-state index contributed by atoms with van der Waals surface area (Å²) in [6.45, 7) is 11.1. The third-order valence-electron chi connectivity index (χ3n) is 7.50. The summed E-state index contributed by atoms with van der Waals surface area (Å²) in [4.78, 5) is 38.3. The Balaban J connectivity index is 1.86. The monoisotopic (exact) mass is 593 g/mol. The molecule has 218 valence electrons. The number of pyridine rings is 1. The summed E-state index contributed by atoms with van der Waals surface area (Å²) in [5.74, 6) is -2.20. The molecule has 2 aromatic carbocycles. The van der Waals surface area contributed by atoms with Gasteiger partial charge in [-0.15, -0.1) is 0 Å². The number of halogens is 2. The Morgan fingerprint density at radius 3 is 2.55 bits per heavy atom. The summed E-state index contributed by atoms with van der Waals surface area (Å²) >= 11 is 0. The second-order valence-corrected chi connectivity index (χ2v) is 13.9. The summed E-state index contributed by atoms with van der Waals surface area (Å²) in [5.41, 5.74) is -0.582. The summed E-state index contributed by atoms with van der Waals surface area (Å²) in [7, 11) is -2.97. The Bertz CT molecular complexity index is 1850. The molecule has 1 amide bonds. The Morgan fingerprint density at radius 2 is 1.90 bits per heavy atom. The number of aromatic hydroxyl groups is 1. The van der Waals surface area contributed by atoms with Gasteiger partial charge in [0.1, 0.15) is 30.3 Å². The molecule has 1 aliphatic heterocycles. The van der Waals surface area contributed by atoms with Crippen LogP contribution in [0.5, 0.6) is 5.75 Å².